The molecule has 15 heavy (non-hydrogen) atoms. The molecule has 0 aromatic heterocycles. The van der Waals surface area contributed by atoms with Crippen LogP contribution in [0.1, 0.15) is 39.5 Å². The highest BCUT2D eigenvalue weighted by molar-refractivity contribution is 5.76. The fraction of sp³-hybridized carbons (Fsp3) is 0.917. The Morgan fingerprint density at radius 2 is 2.13 bits per heavy atom. The molecular weight excluding hydrogens is 186 g/mol. The summed E-state index contributed by atoms with van der Waals surface area (Å²) in [7, 11) is 0. The lowest BCUT2D eigenvalue weighted by molar-refractivity contribution is 0.278. The predicted octanol–water partition coefficient (Wildman–Crippen LogP) is 2.07. The molecule has 0 bridgehead atoms. The smallest absolute Gasteiger partial charge is 0.0918 e. The zero-order valence-electron chi connectivity index (χ0n) is 10.1. The van der Waals surface area contributed by atoms with Crippen molar-refractivity contribution in [2.45, 2.75) is 39.5 Å². The quantitative estimate of drug-likeness (QED) is 0.552. The third-order valence-electron chi connectivity index (χ3n) is 3.51. The van der Waals surface area contributed by atoms with Gasteiger partial charge in [0.25, 0.3) is 0 Å². The van der Waals surface area contributed by atoms with Crippen LogP contribution < -0.4 is 5.73 Å². The monoisotopic (exact) mass is 211 g/mol. The Morgan fingerprint density at radius 1 is 1.40 bits per heavy atom. The average molecular weight is 211 g/mol. The molecule has 0 aromatic carbocycles. The van der Waals surface area contributed by atoms with Gasteiger partial charge in [0, 0.05) is 13.0 Å². The summed E-state index contributed by atoms with van der Waals surface area (Å²) in [6.07, 6.45) is 4.72. The first kappa shape index (κ1) is 12.5. The van der Waals surface area contributed by atoms with Gasteiger partial charge in [-0.3, -0.25) is 5.41 Å². The van der Waals surface area contributed by atoms with Gasteiger partial charge in [-0.05, 0) is 44.2 Å². The summed E-state index contributed by atoms with van der Waals surface area (Å²) in [5.74, 6) is 2.03. The highest BCUT2D eigenvalue weighted by atomic mass is 15.1. The van der Waals surface area contributed by atoms with Crippen LogP contribution in [0.15, 0.2) is 0 Å². The molecule has 0 aliphatic carbocycles. The summed E-state index contributed by atoms with van der Waals surface area (Å²) < 4.78 is 0. The Bertz CT molecular complexity index is 201. The molecule has 0 aromatic rings. The minimum absolute atomic E-state index is 0.319. The first-order chi connectivity index (χ1) is 7.09. The Balaban J connectivity index is 2.29. The third-order valence-corrected chi connectivity index (χ3v) is 3.51. The second kappa shape index (κ2) is 6.11. The van der Waals surface area contributed by atoms with Gasteiger partial charge < -0.3 is 10.6 Å². The molecule has 1 aliphatic rings. The van der Waals surface area contributed by atoms with E-state index in [-0.39, 0.29) is 0 Å². The Morgan fingerprint density at radius 3 is 2.73 bits per heavy atom. The third kappa shape index (κ3) is 4.65. The predicted molar refractivity (Wildman–Crippen MR) is 65.2 cm³/mol. The van der Waals surface area contributed by atoms with E-state index in [0.717, 1.165) is 24.8 Å². The molecule has 1 aliphatic heterocycles. The minimum Gasteiger partial charge on any atom is -0.388 e. The van der Waals surface area contributed by atoms with Gasteiger partial charge in [0.15, 0.2) is 0 Å². The summed E-state index contributed by atoms with van der Waals surface area (Å²) in [6.45, 7) is 8.01. The largest absolute Gasteiger partial charge is 0.388 e. The maximum atomic E-state index is 7.23. The Hall–Kier alpha value is -0.570. The highest BCUT2D eigenvalue weighted by Crippen LogP contribution is 2.24. The van der Waals surface area contributed by atoms with Crippen LogP contribution in [0.3, 0.4) is 0 Å². The molecule has 3 N–H and O–H groups in total. The van der Waals surface area contributed by atoms with Crippen molar-refractivity contribution < 1.29 is 0 Å². The topological polar surface area (TPSA) is 53.1 Å². The standard InChI is InChI=1S/C12H25N3/c1-10(2)11-4-3-7-15(8-5-11)9-6-12(13)14/h10-11H,3-9H2,1-2H3,(H3,13,14). The number of nitrogens with zero attached hydrogens (tertiary/aromatic N) is 1. The van der Waals surface area contributed by atoms with Crippen LogP contribution in [0.2, 0.25) is 0 Å². The number of hydrogen-bond acceptors (Lipinski definition) is 2. The number of likely N-dealkylation sites (tertiary alicyclic amines) is 1. The van der Waals surface area contributed by atoms with E-state index in [0.29, 0.717) is 5.84 Å². The minimum atomic E-state index is 0.319. The van der Waals surface area contributed by atoms with Gasteiger partial charge in [0.2, 0.25) is 0 Å². The van der Waals surface area contributed by atoms with Crippen LogP contribution >= 0.6 is 0 Å². The van der Waals surface area contributed by atoms with Crippen LogP contribution in [0.5, 0.6) is 0 Å². The summed E-state index contributed by atoms with van der Waals surface area (Å²) in [4.78, 5) is 2.46. The van der Waals surface area contributed by atoms with Crippen molar-refractivity contribution in [2.75, 3.05) is 19.6 Å². The normalized spacial score (nSPS) is 24.1. The van der Waals surface area contributed by atoms with Crippen molar-refractivity contribution in [1.29, 1.82) is 5.41 Å². The zero-order chi connectivity index (χ0) is 11.3. The van der Waals surface area contributed by atoms with Gasteiger partial charge in [0.1, 0.15) is 0 Å². The average Bonchev–Trinajstić information content (AvgIpc) is 2.39. The molecule has 1 atom stereocenters. The molecule has 0 radical (unpaired) electrons. The van der Waals surface area contributed by atoms with Gasteiger partial charge in [-0.25, -0.2) is 0 Å². The van der Waals surface area contributed by atoms with Crippen molar-refractivity contribution in [1.82, 2.24) is 4.90 Å². The lowest BCUT2D eigenvalue weighted by atomic mass is 9.89. The van der Waals surface area contributed by atoms with Gasteiger partial charge in [-0.1, -0.05) is 13.8 Å². The van der Waals surface area contributed by atoms with E-state index in [1.165, 1.54) is 32.4 Å². The fourth-order valence-electron chi connectivity index (χ4n) is 2.35. The molecule has 3 nitrogen and oxygen atoms in total. The molecule has 0 saturated carbocycles. The van der Waals surface area contributed by atoms with Crippen molar-refractivity contribution in [3.05, 3.63) is 0 Å². The van der Waals surface area contributed by atoms with Gasteiger partial charge in [-0.2, -0.15) is 0 Å². The number of hydrogen-bond donors (Lipinski definition) is 2. The lowest BCUT2D eigenvalue weighted by Gasteiger charge is -2.20. The molecule has 1 saturated heterocycles. The molecule has 0 amide bonds. The zero-order valence-corrected chi connectivity index (χ0v) is 10.1. The van der Waals surface area contributed by atoms with Crippen LogP contribution in [-0.4, -0.2) is 30.4 Å². The molecule has 0 spiro atoms. The van der Waals surface area contributed by atoms with E-state index in [4.69, 9.17) is 11.1 Å². The van der Waals surface area contributed by atoms with Crippen molar-refractivity contribution in [3.8, 4) is 0 Å². The lowest BCUT2D eigenvalue weighted by Crippen LogP contribution is -2.29. The second-order valence-electron chi connectivity index (χ2n) is 5.05. The molecule has 1 rings (SSSR count). The highest BCUT2D eigenvalue weighted by Gasteiger charge is 2.18. The number of rotatable bonds is 4. The number of amidine groups is 1. The maximum Gasteiger partial charge on any atom is 0.0918 e. The molecule has 1 unspecified atom stereocenters. The Labute approximate surface area is 93.5 Å². The molecule has 1 heterocycles. The van der Waals surface area contributed by atoms with E-state index < -0.39 is 0 Å². The van der Waals surface area contributed by atoms with Crippen LogP contribution in [0.4, 0.5) is 0 Å². The van der Waals surface area contributed by atoms with Crippen LogP contribution in [0.25, 0.3) is 0 Å². The molecule has 1 fully saturated rings. The first-order valence-corrected chi connectivity index (χ1v) is 6.15. The molecule has 3 heteroatoms. The number of nitrogens with one attached hydrogen (secondary N) is 1. The van der Waals surface area contributed by atoms with Crippen molar-refractivity contribution in [3.63, 3.8) is 0 Å². The van der Waals surface area contributed by atoms with E-state index in [9.17, 15) is 0 Å². The first-order valence-electron chi connectivity index (χ1n) is 6.15. The molecular formula is C12H25N3. The van der Waals surface area contributed by atoms with Crippen LogP contribution in [-0.2, 0) is 0 Å². The summed E-state index contributed by atoms with van der Waals surface area (Å²) in [5.41, 5.74) is 5.38. The van der Waals surface area contributed by atoms with Crippen molar-refractivity contribution >= 4 is 5.84 Å². The number of nitrogens with two attached hydrogens (primary N) is 1. The van der Waals surface area contributed by atoms with Crippen LogP contribution in [0, 0.1) is 17.2 Å². The van der Waals surface area contributed by atoms with E-state index in [2.05, 4.69) is 18.7 Å². The SMILES string of the molecule is CC(C)C1CCCN(CCC(=N)N)CC1. The van der Waals surface area contributed by atoms with Gasteiger partial charge >= 0.3 is 0 Å². The summed E-state index contributed by atoms with van der Waals surface area (Å²) in [6, 6.07) is 0. The van der Waals surface area contributed by atoms with Gasteiger partial charge in [-0.15, -0.1) is 0 Å². The summed E-state index contributed by atoms with van der Waals surface area (Å²) >= 11 is 0. The molecule has 88 valence electrons. The Kier molecular flexibility index (Phi) is 5.09. The van der Waals surface area contributed by atoms with Crippen molar-refractivity contribution in [2.24, 2.45) is 17.6 Å². The summed E-state index contributed by atoms with van der Waals surface area (Å²) in [5, 5.41) is 7.23. The van der Waals surface area contributed by atoms with E-state index in [1.807, 2.05) is 0 Å². The fourth-order valence-corrected chi connectivity index (χ4v) is 2.35. The second-order valence-corrected chi connectivity index (χ2v) is 5.05. The van der Waals surface area contributed by atoms with E-state index in [1.54, 1.807) is 0 Å². The van der Waals surface area contributed by atoms with E-state index >= 15 is 0 Å². The maximum absolute atomic E-state index is 7.23. The van der Waals surface area contributed by atoms with Gasteiger partial charge in [0.05, 0.1) is 5.84 Å².